The first-order valence-corrected chi connectivity index (χ1v) is 8.07. The third-order valence-corrected chi connectivity index (χ3v) is 5.30. The minimum atomic E-state index is 0.428. The number of hydrogen-bond donors (Lipinski definition) is 1. The summed E-state index contributed by atoms with van der Waals surface area (Å²) >= 11 is 1.73. The number of nitrogens with one attached hydrogen (secondary N) is 1. The number of hydrogen-bond acceptors (Lipinski definition) is 6. The molecule has 0 aliphatic carbocycles. The van der Waals surface area contributed by atoms with Crippen LogP contribution in [0.3, 0.4) is 0 Å². The van der Waals surface area contributed by atoms with Gasteiger partial charge in [-0.05, 0) is 32.3 Å². The van der Waals surface area contributed by atoms with Gasteiger partial charge in [-0.1, -0.05) is 0 Å². The largest absolute Gasteiger partial charge is 0.367 e. The third kappa shape index (κ3) is 2.85. The number of anilines is 1. The van der Waals surface area contributed by atoms with Gasteiger partial charge in [-0.15, -0.1) is 11.3 Å². The van der Waals surface area contributed by atoms with Gasteiger partial charge in [0, 0.05) is 24.0 Å². The van der Waals surface area contributed by atoms with Gasteiger partial charge < -0.3 is 5.32 Å². The Morgan fingerprint density at radius 2 is 2.14 bits per heavy atom. The first-order valence-electron chi connectivity index (χ1n) is 7.25. The summed E-state index contributed by atoms with van der Waals surface area (Å²) in [5.41, 5.74) is 1.28. The molecule has 1 aliphatic rings. The zero-order chi connectivity index (χ0) is 14.8. The van der Waals surface area contributed by atoms with Gasteiger partial charge in [0.25, 0.3) is 0 Å². The lowest BCUT2D eigenvalue weighted by molar-refractivity contribution is 0.242. The number of piperidine rings is 1. The highest BCUT2D eigenvalue weighted by atomic mass is 32.1. The second-order valence-electron chi connectivity index (χ2n) is 5.54. The summed E-state index contributed by atoms with van der Waals surface area (Å²) < 4.78 is 0. The Balaban J connectivity index is 1.76. The van der Waals surface area contributed by atoms with Crippen LogP contribution in [0, 0.1) is 25.2 Å². The molecule has 0 unspecified atom stereocenters. The van der Waals surface area contributed by atoms with Crippen molar-refractivity contribution < 1.29 is 0 Å². The minimum absolute atomic E-state index is 0.428. The molecule has 110 valence electrons. The van der Waals surface area contributed by atoms with Crippen LogP contribution in [0.4, 0.5) is 5.82 Å². The molecule has 1 fully saturated rings. The Bertz CT molecular complexity index is 679. The van der Waals surface area contributed by atoms with Crippen LogP contribution in [0.1, 0.15) is 23.3 Å². The number of nitriles is 1. The van der Waals surface area contributed by atoms with Crippen molar-refractivity contribution in [3.8, 4) is 6.07 Å². The molecule has 0 saturated carbocycles. The second kappa shape index (κ2) is 5.96. The van der Waals surface area contributed by atoms with Crippen molar-refractivity contribution >= 4 is 27.4 Å². The highest BCUT2D eigenvalue weighted by molar-refractivity contribution is 7.18. The molecular weight excluding hydrogens is 282 g/mol. The van der Waals surface area contributed by atoms with Crippen molar-refractivity contribution in [2.24, 2.45) is 0 Å². The van der Waals surface area contributed by atoms with Crippen LogP contribution < -0.4 is 5.32 Å². The molecule has 0 amide bonds. The van der Waals surface area contributed by atoms with E-state index in [1.54, 1.807) is 17.7 Å². The SMILES string of the molecule is Cc1sc2ncnc(NC3CCN(CC#N)CC3)c2c1C. The third-order valence-electron chi connectivity index (χ3n) is 4.19. The van der Waals surface area contributed by atoms with Gasteiger partial charge in [-0.2, -0.15) is 5.26 Å². The normalized spacial score (nSPS) is 17.0. The summed E-state index contributed by atoms with van der Waals surface area (Å²) in [6, 6.07) is 2.65. The fourth-order valence-corrected chi connectivity index (χ4v) is 3.82. The van der Waals surface area contributed by atoms with Crippen LogP contribution in [0.15, 0.2) is 6.33 Å². The molecule has 0 radical (unpaired) electrons. The van der Waals surface area contributed by atoms with Gasteiger partial charge in [-0.25, -0.2) is 9.97 Å². The maximum atomic E-state index is 8.75. The van der Waals surface area contributed by atoms with E-state index in [9.17, 15) is 0 Å². The summed E-state index contributed by atoms with van der Waals surface area (Å²) in [5, 5.41) is 13.5. The van der Waals surface area contributed by atoms with E-state index in [1.807, 2.05) is 0 Å². The molecule has 1 N–H and O–H groups in total. The first-order chi connectivity index (χ1) is 10.2. The minimum Gasteiger partial charge on any atom is -0.367 e. The van der Waals surface area contributed by atoms with Crippen LogP contribution >= 0.6 is 11.3 Å². The van der Waals surface area contributed by atoms with E-state index >= 15 is 0 Å². The van der Waals surface area contributed by atoms with Crippen LogP contribution in [0.5, 0.6) is 0 Å². The molecule has 2 aromatic heterocycles. The summed E-state index contributed by atoms with van der Waals surface area (Å²) in [4.78, 5) is 13.4. The van der Waals surface area contributed by atoms with E-state index in [2.05, 4.69) is 40.1 Å². The zero-order valence-electron chi connectivity index (χ0n) is 12.4. The average molecular weight is 301 g/mol. The van der Waals surface area contributed by atoms with E-state index < -0.39 is 0 Å². The number of aryl methyl sites for hydroxylation is 2. The Kier molecular flexibility index (Phi) is 4.04. The van der Waals surface area contributed by atoms with Crippen molar-refractivity contribution in [1.29, 1.82) is 5.26 Å². The lowest BCUT2D eigenvalue weighted by Crippen LogP contribution is -2.39. The molecule has 5 nitrogen and oxygen atoms in total. The number of rotatable bonds is 3. The number of fused-ring (bicyclic) bond motifs is 1. The molecule has 0 bridgehead atoms. The highest BCUT2D eigenvalue weighted by Gasteiger charge is 2.20. The van der Waals surface area contributed by atoms with Crippen LogP contribution in [-0.4, -0.2) is 40.5 Å². The maximum absolute atomic E-state index is 8.75. The molecule has 0 atom stereocenters. The fraction of sp³-hybridized carbons (Fsp3) is 0.533. The number of aromatic nitrogens is 2. The van der Waals surface area contributed by atoms with E-state index in [-0.39, 0.29) is 0 Å². The molecular formula is C15H19N5S. The summed E-state index contributed by atoms with van der Waals surface area (Å²) in [7, 11) is 0. The van der Waals surface area contributed by atoms with Crippen molar-refractivity contribution in [1.82, 2.24) is 14.9 Å². The van der Waals surface area contributed by atoms with Crippen molar-refractivity contribution in [2.75, 3.05) is 25.0 Å². The molecule has 0 spiro atoms. The van der Waals surface area contributed by atoms with Gasteiger partial charge in [0.05, 0.1) is 18.0 Å². The van der Waals surface area contributed by atoms with E-state index in [4.69, 9.17) is 5.26 Å². The standard InChI is InChI=1S/C15H19N5S/c1-10-11(2)21-15-13(10)14(17-9-18-15)19-12-3-6-20(7-4-12)8-5-16/h9,12H,3-4,6-8H2,1-2H3,(H,17,18,19). The van der Waals surface area contributed by atoms with E-state index in [0.717, 1.165) is 36.6 Å². The number of nitrogens with zero attached hydrogens (tertiary/aromatic N) is 4. The lowest BCUT2D eigenvalue weighted by Gasteiger charge is -2.31. The summed E-state index contributed by atoms with van der Waals surface area (Å²) in [6.07, 6.45) is 3.75. The Morgan fingerprint density at radius 3 is 2.86 bits per heavy atom. The number of likely N-dealkylation sites (tertiary alicyclic amines) is 1. The monoisotopic (exact) mass is 301 g/mol. The zero-order valence-corrected chi connectivity index (χ0v) is 13.2. The van der Waals surface area contributed by atoms with Crippen molar-refractivity contribution in [3.05, 3.63) is 16.8 Å². The lowest BCUT2D eigenvalue weighted by atomic mass is 10.0. The number of thiophene rings is 1. The maximum Gasteiger partial charge on any atom is 0.138 e. The predicted octanol–water partition coefficient (Wildman–Crippen LogP) is 2.71. The van der Waals surface area contributed by atoms with Gasteiger partial charge in [0.1, 0.15) is 17.0 Å². The molecule has 3 heterocycles. The molecule has 3 rings (SSSR count). The van der Waals surface area contributed by atoms with Gasteiger partial charge in [0.2, 0.25) is 0 Å². The Hall–Kier alpha value is -1.71. The van der Waals surface area contributed by atoms with E-state index in [0.29, 0.717) is 12.6 Å². The first kappa shape index (κ1) is 14.2. The predicted molar refractivity (Wildman–Crippen MR) is 85.6 cm³/mol. The summed E-state index contributed by atoms with van der Waals surface area (Å²) in [5.74, 6) is 0.959. The smallest absolute Gasteiger partial charge is 0.138 e. The molecule has 1 aliphatic heterocycles. The Labute approximate surface area is 128 Å². The molecule has 2 aromatic rings. The Morgan fingerprint density at radius 1 is 1.38 bits per heavy atom. The van der Waals surface area contributed by atoms with Gasteiger partial charge >= 0.3 is 0 Å². The topological polar surface area (TPSA) is 64.8 Å². The second-order valence-corrected chi connectivity index (χ2v) is 6.74. The molecule has 6 heteroatoms. The average Bonchev–Trinajstić information content (AvgIpc) is 2.78. The van der Waals surface area contributed by atoms with Crippen LogP contribution in [0.2, 0.25) is 0 Å². The van der Waals surface area contributed by atoms with Crippen LogP contribution in [0.25, 0.3) is 10.2 Å². The van der Waals surface area contributed by atoms with Gasteiger partial charge in [0.15, 0.2) is 0 Å². The summed E-state index contributed by atoms with van der Waals surface area (Å²) in [6.45, 7) is 6.75. The fourth-order valence-electron chi connectivity index (χ4n) is 2.82. The quantitative estimate of drug-likeness (QED) is 0.883. The van der Waals surface area contributed by atoms with Crippen molar-refractivity contribution in [2.45, 2.75) is 32.7 Å². The highest BCUT2D eigenvalue weighted by Crippen LogP contribution is 2.33. The molecule has 21 heavy (non-hydrogen) atoms. The molecule has 1 saturated heterocycles. The van der Waals surface area contributed by atoms with Crippen LogP contribution in [-0.2, 0) is 0 Å². The molecule has 0 aromatic carbocycles. The van der Waals surface area contributed by atoms with Gasteiger partial charge in [-0.3, -0.25) is 4.90 Å². The van der Waals surface area contributed by atoms with Crippen molar-refractivity contribution in [3.63, 3.8) is 0 Å². The van der Waals surface area contributed by atoms with E-state index in [1.165, 1.54) is 15.8 Å².